The van der Waals surface area contributed by atoms with Gasteiger partial charge in [-0.2, -0.15) is 13.2 Å². The summed E-state index contributed by atoms with van der Waals surface area (Å²) in [4.78, 5) is -1.17. The van der Waals surface area contributed by atoms with Gasteiger partial charge >= 0.3 is 6.18 Å². The summed E-state index contributed by atoms with van der Waals surface area (Å²) in [6.45, 7) is 2.59. The second-order valence-electron chi connectivity index (χ2n) is 8.34. The summed E-state index contributed by atoms with van der Waals surface area (Å²) in [6, 6.07) is 3.39. The lowest BCUT2D eigenvalue weighted by Crippen LogP contribution is -2.53. The lowest BCUT2D eigenvalue weighted by Gasteiger charge is -2.44. The van der Waals surface area contributed by atoms with Crippen molar-refractivity contribution in [2.24, 2.45) is 5.92 Å². The lowest BCUT2D eigenvalue weighted by molar-refractivity contribution is -0.137. The van der Waals surface area contributed by atoms with E-state index in [1.807, 2.05) is 0 Å². The summed E-state index contributed by atoms with van der Waals surface area (Å²) in [5.41, 5.74) is -1.42. The van der Waals surface area contributed by atoms with Crippen molar-refractivity contribution in [2.45, 2.75) is 53.4 Å². The van der Waals surface area contributed by atoms with E-state index in [-0.39, 0.29) is 28.8 Å². The van der Waals surface area contributed by atoms with Gasteiger partial charge in [0, 0.05) is 6.04 Å². The first-order valence-electron chi connectivity index (χ1n) is 9.55. The van der Waals surface area contributed by atoms with Crippen molar-refractivity contribution < 1.29 is 38.8 Å². The molecule has 0 bridgehead atoms. The van der Waals surface area contributed by atoms with Gasteiger partial charge in [-0.1, -0.05) is 11.6 Å². The third kappa shape index (κ3) is 5.03. The Morgan fingerprint density at radius 2 is 1.55 bits per heavy atom. The quantitative estimate of drug-likeness (QED) is 0.535. The second-order valence-corrected chi connectivity index (χ2v) is 13.0. The standard InChI is InChI=1S/C20H19ClF5NO4S2/c1-19(2,32(28,29)16-8-12(20(24,25)26)5-13(22)9-16)11-6-14(7-11)27-33(30,31)15-3-4-17(21)18(23)10-15/h3-5,8-11,14,27H,6-7H2,1-2H3/t11-,14-. The largest absolute Gasteiger partial charge is 0.416 e. The molecule has 0 spiro atoms. The van der Waals surface area contributed by atoms with Crippen LogP contribution in [-0.4, -0.2) is 27.6 Å². The monoisotopic (exact) mass is 531 g/mol. The van der Waals surface area contributed by atoms with Crippen LogP contribution in [0.1, 0.15) is 32.3 Å². The number of halogens is 6. The maximum absolute atomic E-state index is 13.8. The Labute approximate surface area is 192 Å². The van der Waals surface area contributed by atoms with Crippen molar-refractivity contribution >= 4 is 31.5 Å². The molecule has 0 aromatic heterocycles. The van der Waals surface area contributed by atoms with Crippen LogP contribution in [0, 0.1) is 17.6 Å². The minimum Gasteiger partial charge on any atom is -0.223 e. The number of nitrogens with one attached hydrogen (secondary N) is 1. The van der Waals surface area contributed by atoms with Crippen molar-refractivity contribution in [2.75, 3.05) is 0 Å². The van der Waals surface area contributed by atoms with Crippen molar-refractivity contribution in [1.29, 1.82) is 0 Å². The normalized spacial score (nSPS) is 19.9. The molecule has 1 aliphatic carbocycles. The molecule has 33 heavy (non-hydrogen) atoms. The molecule has 1 N–H and O–H groups in total. The van der Waals surface area contributed by atoms with E-state index in [0.717, 1.165) is 18.2 Å². The summed E-state index contributed by atoms with van der Waals surface area (Å²) in [5, 5.41) is -0.254. The van der Waals surface area contributed by atoms with Crippen LogP contribution in [0.4, 0.5) is 22.0 Å². The van der Waals surface area contributed by atoms with Crippen molar-refractivity contribution in [1.82, 2.24) is 4.72 Å². The molecule has 0 aliphatic heterocycles. The molecule has 0 amide bonds. The first kappa shape index (κ1) is 25.9. The van der Waals surface area contributed by atoms with E-state index in [2.05, 4.69) is 4.72 Å². The minimum absolute atomic E-state index is 0.0585. The number of hydrogen-bond acceptors (Lipinski definition) is 4. The van der Waals surface area contributed by atoms with Crippen LogP contribution in [0.3, 0.4) is 0 Å². The number of rotatable bonds is 6. The Balaban J connectivity index is 1.78. The lowest BCUT2D eigenvalue weighted by atomic mass is 9.73. The van der Waals surface area contributed by atoms with Gasteiger partial charge in [0.2, 0.25) is 10.0 Å². The highest BCUT2D eigenvalue weighted by Crippen LogP contribution is 2.44. The number of benzene rings is 2. The Kier molecular flexibility index (Phi) is 6.64. The van der Waals surface area contributed by atoms with E-state index in [9.17, 15) is 38.8 Å². The van der Waals surface area contributed by atoms with Crippen LogP contribution in [0.15, 0.2) is 46.2 Å². The van der Waals surface area contributed by atoms with E-state index in [0.29, 0.717) is 12.1 Å². The first-order valence-corrected chi connectivity index (χ1v) is 12.9. The van der Waals surface area contributed by atoms with Crippen LogP contribution < -0.4 is 4.72 Å². The van der Waals surface area contributed by atoms with Crippen LogP contribution >= 0.6 is 11.6 Å². The maximum Gasteiger partial charge on any atom is 0.416 e. The van der Waals surface area contributed by atoms with Gasteiger partial charge in [-0.05, 0) is 69.0 Å². The van der Waals surface area contributed by atoms with Crippen molar-refractivity contribution in [3.05, 3.63) is 58.6 Å². The highest BCUT2D eigenvalue weighted by Gasteiger charge is 2.49. The van der Waals surface area contributed by atoms with E-state index in [1.54, 1.807) is 0 Å². The second kappa shape index (κ2) is 8.47. The topological polar surface area (TPSA) is 80.3 Å². The molecule has 3 rings (SSSR count). The molecule has 2 aromatic rings. The molecule has 1 fully saturated rings. The van der Waals surface area contributed by atoms with Gasteiger partial charge in [-0.3, -0.25) is 0 Å². The smallest absolute Gasteiger partial charge is 0.223 e. The average molecular weight is 532 g/mol. The van der Waals surface area contributed by atoms with Gasteiger partial charge in [0.25, 0.3) is 0 Å². The van der Waals surface area contributed by atoms with Gasteiger partial charge in [0.1, 0.15) is 11.6 Å². The third-order valence-corrected chi connectivity index (χ3v) is 10.2. The molecular weight excluding hydrogens is 513 g/mol. The molecule has 0 unspecified atom stereocenters. The highest BCUT2D eigenvalue weighted by atomic mass is 35.5. The molecule has 0 heterocycles. The van der Waals surface area contributed by atoms with E-state index in [1.165, 1.54) is 13.8 Å². The first-order chi connectivity index (χ1) is 14.9. The Morgan fingerprint density at radius 1 is 0.939 bits per heavy atom. The van der Waals surface area contributed by atoms with Crippen LogP contribution in [0.25, 0.3) is 0 Å². The average Bonchev–Trinajstić information content (AvgIpc) is 2.65. The van der Waals surface area contributed by atoms with Gasteiger partial charge in [0.05, 0.1) is 25.1 Å². The highest BCUT2D eigenvalue weighted by molar-refractivity contribution is 7.92. The molecule has 0 radical (unpaired) electrons. The fourth-order valence-electron chi connectivity index (χ4n) is 3.62. The molecule has 0 atom stereocenters. The van der Waals surface area contributed by atoms with Crippen LogP contribution in [0.2, 0.25) is 5.02 Å². The fraction of sp³-hybridized carbons (Fsp3) is 0.400. The predicted octanol–water partition coefficient (Wildman–Crippen LogP) is 4.95. The fourth-order valence-corrected chi connectivity index (χ4v) is 6.80. The van der Waals surface area contributed by atoms with Gasteiger partial charge in [0.15, 0.2) is 9.84 Å². The summed E-state index contributed by atoms with van der Waals surface area (Å²) in [5.74, 6) is -2.89. The van der Waals surface area contributed by atoms with Crippen LogP contribution in [0.5, 0.6) is 0 Å². The summed E-state index contributed by atoms with van der Waals surface area (Å²) < 4.78 is 118. The molecule has 1 saturated carbocycles. The van der Waals surface area contributed by atoms with E-state index >= 15 is 0 Å². The number of alkyl halides is 3. The maximum atomic E-state index is 13.8. The molecule has 5 nitrogen and oxygen atoms in total. The predicted molar refractivity (Wildman–Crippen MR) is 111 cm³/mol. The molecular formula is C20H19ClF5NO4S2. The zero-order valence-electron chi connectivity index (χ0n) is 17.3. The van der Waals surface area contributed by atoms with Crippen molar-refractivity contribution in [3.63, 3.8) is 0 Å². The number of sulfone groups is 1. The van der Waals surface area contributed by atoms with Gasteiger partial charge < -0.3 is 0 Å². The van der Waals surface area contributed by atoms with Crippen LogP contribution in [-0.2, 0) is 26.0 Å². The van der Waals surface area contributed by atoms with E-state index < -0.39 is 64.8 Å². The summed E-state index contributed by atoms with van der Waals surface area (Å²) in [6.07, 6.45) is -4.82. The minimum atomic E-state index is -4.93. The molecule has 1 aliphatic rings. The Morgan fingerprint density at radius 3 is 2.09 bits per heavy atom. The van der Waals surface area contributed by atoms with Gasteiger partial charge in [-0.25, -0.2) is 30.3 Å². The summed E-state index contributed by atoms with van der Waals surface area (Å²) >= 11 is 5.55. The Bertz CT molecular complexity index is 1290. The summed E-state index contributed by atoms with van der Waals surface area (Å²) in [7, 11) is -8.53. The SMILES string of the molecule is CC(C)([C@H]1C[C@H](NS(=O)(=O)c2ccc(Cl)c(F)c2)C1)S(=O)(=O)c1cc(F)cc(C(F)(F)F)c1. The van der Waals surface area contributed by atoms with Crippen molar-refractivity contribution in [3.8, 4) is 0 Å². The number of hydrogen-bond donors (Lipinski definition) is 1. The van der Waals surface area contributed by atoms with E-state index in [4.69, 9.17) is 11.6 Å². The zero-order valence-corrected chi connectivity index (χ0v) is 19.6. The molecule has 0 saturated heterocycles. The third-order valence-electron chi connectivity index (χ3n) is 5.85. The zero-order chi connectivity index (χ0) is 25.0. The Hall–Kier alpha value is -1.76. The van der Waals surface area contributed by atoms with Gasteiger partial charge in [-0.15, -0.1) is 0 Å². The number of sulfonamides is 1. The molecule has 13 heteroatoms. The molecule has 2 aromatic carbocycles. The molecule has 182 valence electrons.